The maximum absolute atomic E-state index is 14.3. The van der Waals surface area contributed by atoms with Crippen molar-refractivity contribution in [3.63, 3.8) is 0 Å². The van der Waals surface area contributed by atoms with Gasteiger partial charge in [0.05, 0.1) is 18.5 Å². The molecule has 2 aliphatic rings. The monoisotopic (exact) mass is 547 g/mol. The van der Waals surface area contributed by atoms with Crippen molar-refractivity contribution in [1.29, 1.82) is 0 Å². The van der Waals surface area contributed by atoms with Crippen molar-refractivity contribution in [2.24, 2.45) is 11.7 Å². The van der Waals surface area contributed by atoms with E-state index in [9.17, 15) is 13.2 Å². The molecular formula is C26H32F3N7O3. The molecule has 0 radical (unpaired) electrons. The van der Waals surface area contributed by atoms with Crippen molar-refractivity contribution in [3.8, 4) is 5.75 Å². The van der Waals surface area contributed by atoms with E-state index in [-0.39, 0.29) is 24.3 Å². The van der Waals surface area contributed by atoms with Crippen LogP contribution >= 0.6 is 0 Å². The molecule has 2 N–H and O–H groups in total. The summed E-state index contributed by atoms with van der Waals surface area (Å²) in [6, 6.07) is 1.44. The Morgan fingerprint density at radius 1 is 1.00 bits per heavy atom. The number of halogens is 3. The molecule has 1 aromatic carbocycles. The minimum atomic E-state index is -1.23. The highest BCUT2D eigenvalue weighted by molar-refractivity contribution is 5.39. The van der Waals surface area contributed by atoms with Crippen LogP contribution in [-0.4, -0.2) is 65.5 Å². The van der Waals surface area contributed by atoms with Gasteiger partial charge in [-0.2, -0.15) is 4.98 Å². The number of piperidine rings is 1. The Morgan fingerprint density at radius 2 is 1.69 bits per heavy atom. The maximum Gasteiger partial charge on any atom is 0.324 e. The minimum Gasteiger partial charge on any atom is -0.487 e. The minimum absolute atomic E-state index is 0.0489. The van der Waals surface area contributed by atoms with Crippen LogP contribution in [0.15, 0.2) is 29.0 Å². The number of hydrogen-bond acceptors (Lipinski definition) is 10. The summed E-state index contributed by atoms with van der Waals surface area (Å²) in [6.45, 7) is 6.07. The van der Waals surface area contributed by atoms with Crippen LogP contribution in [0, 0.1) is 23.4 Å². The molecule has 0 amide bonds. The van der Waals surface area contributed by atoms with Gasteiger partial charge in [0.15, 0.2) is 17.4 Å². The van der Waals surface area contributed by atoms with Crippen LogP contribution in [0.1, 0.15) is 50.1 Å². The van der Waals surface area contributed by atoms with E-state index in [0.717, 1.165) is 32.0 Å². The molecule has 10 nitrogen and oxygen atoms in total. The van der Waals surface area contributed by atoms with Crippen LogP contribution in [0.4, 0.5) is 25.1 Å². The number of nitrogens with zero attached hydrogens (tertiary/aromatic N) is 6. The van der Waals surface area contributed by atoms with E-state index in [1.54, 1.807) is 24.4 Å². The van der Waals surface area contributed by atoms with E-state index in [2.05, 4.69) is 25.0 Å². The van der Waals surface area contributed by atoms with Gasteiger partial charge < -0.3 is 29.5 Å². The number of methoxy groups -OCH3 is 1. The Balaban J connectivity index is 1.14. The van der Waals surface area contributed by atoms with Crippen LogP contribution < -0.4 is 20.3 Å². The second kappa shape index (κ2) is 11.3. The number of hydrogen-bond donors (Lipinski definition) is 1. The standard InChI is InChI=1S/C26H32F3N7O3/c1-14(16-4-6-35(7-5-16)26-33-24(34-39-26)15(2)37-3)38-17-10-31-25(32-11-17)36-12-19(23(30)13-36)18-8-21(28)22(29)9-20(18)27/h8-11,14-16,19,23H,4-7,12-13,30H2,1-3H3/t14-,15+,19+,23-/m0/s1. The summed E-state index contributed by atoms with van der Waals surface area (Å²) in [5.74, 6) is -1.87. The number of anilines is 2. The topological polar surface area (TPSA) is 116 Å². The fourth-order valence-corrected chi connectivity index (χ4v) is 5.17. The molecule has 0 aliphatic carbocycles. The zero-order valence-corrected chi connectivity index (χ0v) is 22.1. The maximum atomic E-state index is 14.3. The third kappa shape index (κ3) is 5.78. The average Bonchev–Trinajstić information content (AvgIpc) is 3.58. The summed E-state index contributed by atoms with van der Waals surface area (Å²) >= 11 is 0. The van der Waals surface area contributed by atoms with Crippen molar-refractivity contribution in [1.82, 2.24) is 20.1 Å². The molecule has 0 spiro atoms. The highest BCUT2D eigenvalue weighted by Crippen LogP contribution is 2.32. The highest BCUT2D eigenvalue weighted by atomic mass is 19.2. The lowest BCUT2D eigenvalue weighted by Crippen LogP contribution is -2.38. The quantitative estimate of drug-likeness (QED) is 0.420. The van der Waals surface area contributed by atoms with Gasteiger partial charge in [0.25, 0.3) is 0 Å². The lowest BCUT2D eigenvalue weighted by Gasteiger charge is -2.33. The number of benzene rings is 1. The second-order valence-corrected chi connectivity index (χ2v) is 10.1. The molecule has 2 fully saturated rings. The third-order valence-electron chi connectivity index (χ3n) is 7.65. The van der Waals surface area contributed by atoms with Crippen LogP contribution in [0.2, 0.25) is 0 Å². The molecule has 0 unspecified atom stereocenters. The molecule has 2 aromatic heterocycles. The summed E-state index contributed by atoms with van der Waals surface area (Å²) < 4.78 is 58.2. The first kappa shape index (κ1) is 27.1. The van der Waals surface area contributed by atoms with Crippen molar-refractivity contribution in [2.75, 3.05) is 43.1 Å². The van der Waals surface area contributed by atoms with Crippen LogP contribution in [0.5, 0.6) is 5.75 Å². The van der Waals surface area contributed by atoms with Crippen molar-refractivity contribution < 1.29 is 27.2 Å². The third-order valence-corrected chi connectivity index (χ3v) is 7.65. The largest absolute Gasteiger partial charge is 0.487 e. The molecule has 5 rings (SSSR count). The molecule has 13 heteroatoms. The van der Waals surface area contributed by atoms with Crippen LogP contribution in [0.3, 0.4) is 0 Å². The van der Waals surface area contributed by atoms with Gasteiger partial charge in [-0.3, -0.25) is 0 Å². The van der Waals surface area contributed by atoms with Crippen molar-refractivity contribution in [3.05, 3.63) is 53.4 Å². The Kier molecular flexibility index (Phi) is 7.89. The molecule has 2 aliphatic heterocycles. The second-order valence-electron chi connectivity index (χ2n) is 10.1. The first-order valence-electron chi connectivity index (χ1n) is 13.0. The SMILES string of the molecule is CO[C@H](C)c1noc(N2CCC([C@H](C)Oc3cnc(N4C[C@H](c5cc(F)c(F)cc5F)[C@@H](N)C4)nc3)CC2)n1. The number of nitrogens with two attached hydrogens (primary N) is 1. The summed E-state index contributed by atoms with van der Waals surface area (Å²) in [7, 11) is 1.60. The van der Waals surface area contributed by atoms with Gasteiger partial charge in [0.2, 0.25) is 11.8 Å². The lowest BCUT2D eigenvalue weighted by molar-refractivity contribution is 0.109. The van der Waals surface area contributed by atoms with Gasteiger partial charge in [0, 0.05) is 51.3 Å². The van der Waals surface area contributed by atoms with Crippen LogP contribution in [0.25, 0.3) is 0 Å². The molecule has 0 saturated carbocycles. The molecular weight excluding hydrogens is 515 g/mol. The average molecular weight is 548 g/mol. The Bertz CT molecular complexity index is 1270. The van der Waals surface area contributed by atoms with E-state index in [1.807, 2.05) is 13.8 Å². The molecule has 210 valence electrons. The van der Waals surface area contributed by atoms with E-state index in [4.69, 9.17) is 19.7 Å². The molecule has 39 heavy (non-hydrogen) atoms. The van der Waals surface area contributed by atoms with Gasteiger partial charge in [0.1, 0.15) is 11.9 Å². The first-order valence-corrected chi connectivity index (χ1v) is 13.0. The molecule has 4 heterocycles. The molecule has 2 saturated heterocycles. The van der Waals surface area contributed by atoms with Gasteiger partial charge in [-0.05, 0) is 44.2 Å². The zero-order chi connectivity index (χ0) is 27.7. The van der Waals surface area contributed by atoms with Gasteiger partial charge in [-0.1, -0.05) is 5.16 Å². The normalized spacial score (nSPS) is 21.8. The summed E-state index contributed by atoms with van der Waals surface area (Å²) in [5, 5.41) is 3.99. The molecule has 3 aromatic rings. The number of rotatable bonds is 8. The lowest BCUT2D eigenvalue weighted by atomic mass is 9.92. The highest BCUT2D eigenvalue weighted by Gasteiger charge is 2.35. The summed E-state index contributed by atoms with van der Waals surface area (Å²) in [6.07, 6.45) is 4.70. The summed E-state index contributed by atoms with van der Waals surface area (Å²) in [4.78, 5) is 17.1. The fourth-order valence-electron chi connectivity index (χ4n) is 5.17. The Morgan fingerprint density at radius 3 is 2.38 bits per heavy atom. The van der Waals surface area contributed by atoms with E-state index in [0.29, 0.717) is 42.1 Å². The summed E-state index contributed by atoms with van der Waals surface area (Å²) in [5.41, 5.74) is 6.26. The van der Waals surface area contributed by atoms with Gasteiger partial charge in [-0.25, -0.2) is 23.1 Å². The van der Waals surface area contributed by atoms with Gasteiger partial charge in [-0.15, -0.1) is 0 Å². The van der Waals surface area contributed by atoms with Gasteiger partial charge >= 0.3 is 6.01 Å². The molecule has 0 bridgehead atoms. The number of ether oxygens (including phenoxy) is 2. The zero-order valence-electron chi connectivity index (χ0n) is 22.1. The van der Waals surface area contributed by atoms with Crippen molar-refractivity contribution >= 4 is 12.0 Å². The van der Waals surface area contributed by atoms with E-state index < -0.39 is 29.4 Å². The predicted molar refractivity (Wildman–Crippen MR) is 136 cm³/mol. The first-order chi connectivity index (χ1) is 18.7. The fraction of sp³-hybridized carbons (Fsp3) is 0.538. The molecule has 4 atom stereocenters. The Hall–Kier alpha value is -3.45. The van der Waals surface area contributed by atoms with E-state index in [1.165, 1.54) is 0 Å². The smallest absolute Gasteiger partial charge is 0.324 e. The number of aromatic nitrogens is 4. The Labute approximate surface area is 224 Å². The van der Waals surface area contributed by atoms with Crippen LogP contribution in [-0.2, 0) is 4.74 Å². The van der Waals surface area contributed by atoms with E-state index >= 15 is 0 Å². The van der Waals surface area contributed by atoms with Crippen molar-refractivity contribution in [2.45, 2.75) is 50.9 Å². The predicted octanol–water partition coefficient (Wildman–Crippen LogP) is 3.60.